The van der Waals surface area contributed by atoms with Crippen molar-refractivity contribution < 1.29 is 4.39 Å². The smallest absolute Gasteiger partial charge is 0.127 e. The molecule has 0 aliphatic rings. The first-order chi connectivity index (χ1) is 13.1. The van der Waals surface area contributed by atoms with Crippen LogP contribution < -0.4 is 5.32 Å². The van der Waals surface area contributed by atoms with Gasteiger partial charge in [0.05, 0.1) is 11.9 Å². The third kappa shape index (κ3) is 3.36. The quantitative estimate of drug-likeness (QED) is 0.522. The van der Waals surface area contributed by atoms with Crippen molar-refractivity contribution in [1.29, 1.82) is 0 Å². The summed E-state index contributed by atoms with van der Waals surface area (Å²) >= 11 is 0. The number of fused-ring (bicyclic) bond motifs is 1. The van der Waals surface area contributed by atoms with Crippen molar-refractivity contribution >= 4 is 10.8 Å². The van der Waals surface area contributed by atoms with Gasteiger partial charge in [0.1, 0.15) is 5.82 Å². The fourth-order valence-corrected chi connectivity index (χ4v) is 3.50. The molecule has 3 nitrogen and oxygen atoms in total. The topological polar surface area (TPSA) is 29.9 Å². The molecule has 3 aromatic carbocycles. The highest BCUT2D eigenvalue weighted by molar-refractivity contribution is 5.90. The predicted octanol–water partition coefficient (Wildman–Crippen LogP) is 5.32. The normalized spacial score (nSPS) is 12.4. The number of aromatic nitrogens is 2. The Bertz CT molecular complexity index is 1080. The van der Waals surface area contributed by atoms with Gasteiger partial charge in [-0.25, -0.2) is 9.07 Å². The van der Waals surface area contributed by atoms with Crippen molar-refractivity contribution in [3.05, 3.63) is 95.6 Å². The molecule has 0 spiro atoms. The first-order valence-electron chi connectivity index (χ1n) is 9.14. The van der Waals surface area contributed by atoms with Gasteiger partial charge in [0.2, 0.25) is 0 Å². The summed E-state index contributed by atoms with van der Waals surface area (Å²) in [6.45, 7) is 4.64. The van der Waals surface area contributed by atoms with Crippen molar-refractivity contribution in [1.82, 2.24) is 15.1 Å². The maximum atomic E-state index is 13.8. The number of nitrogens with zero attached hydrogens (tertiary/aromatic N) is 2. The molecule has 1 aromatic heterocycles. The number of rotatable bonds is 5. The lowest BCUT2D eigenvalue weighted by molar-refractivity contribution is 0.542. The third-order valence-corrected chi connectivity index (χ3v) is 5.07. The second kappa shape index (κ2) is 7.33. The Morgan fingerprint density at radius 3 is 2.59 bits per heavy atom. The van der Waals surface area contributed by atoms with Crippen molar-refractivity contribution in [3.63, 3.8) is 0 Å². The van der Waals surface area contributed by atoms with E-state index in [2.05, 4.69) is 54.6 Å². The number of hydrogen-bond donors (Lipinski definition) is 1. The first kappa shape index (κ1) is 17.4. The van der Waals surface area contributed by atoms with E-state index in [4.69, 9.17) is 0 Å². The highest BCUT2D eigenvalue weighted by Crippen LogP contribution is 2.26. The number of nitrogens with one attached hydrogen (secondary N) is 1. The van der Waals surface area contributed by atoms with E-state index in [9.17, 15) is 4.39 Å². The molecule has 136 valence electrons. The lowest BCUT2D eigenvalue weighted by Gasteiger charge is -2.15. The van der Waals surface area contributed by atoms with Crippen LogP contribution in [0.2, 0.25) is 0 Å². The van der Waals surface area contributed by atoms with Crippen LogP contribution in [-0.2, 0) is 6.54 Å². The van der Waals surface area contributed by atoms with Crippen LogP contribution in [0.15, 0.2) is 72.9 Å². The summed E-state index contributed by atoms with van der Waals surface area (Å²) in [5, 5.41) is 10.4. The lowest BCUT2D eigenvalue weighted by Crippen LogP contribution is -2.19. The number of halogens is 1. The molecule has 0 unspecified atom stereocenters. The van der Waals surface area contributed by atoms with Crippen LogP contribution >= 0.6 is 0 Å². The molecule has 0 amide bonds. The van der Waals surface area contributed by atoms with Gasteiger partial charge in [-0.05, 0) is 31.4 Å². The Morgan fingerprint density at radius 2 is 1.74 bits per heavy atom. The zero-order valence-corrected chi connectivity index (χ0v) is 15.5. The Morgan fingerprint density at radius 1 is 1.00 bits per heavy atom. The van der Waals surface area contributed by atoms with E-state index in [0.717, 1.165) is 16.9 Å². The number of hydrogen-bond acceptors (Lipinski definition) is 2. The summed E-state index contributed by atoms with van der Waals surface area (Å²) < 4.78 is 15.8. The SMILES string of the molecule is Cc1c([C@H](C)NCc2ccccc2F)cnn1-c1cccc2ccccc12. The fourth-order valence-electron chi connectivity index (χ4n) is 3.50. The average molecular weight is 359 g/mol. The standard InChI is InChI=1S/C23H22FN3/c1-16(25-14-19-9-4-6-12-22(19)24)21-15-26-27(17(21)2)23-13-7-10-18-8-3-5-11-20(18)23/h3-13,15-16,25H,14H2,1-2H3/t16-/m0/s1. The molecule has 0 saturated carbocycles. The summed E-state index contributed by atoms with van der Waals surface area (Å²) in [6.07, 6.45) is 1.90. The highest BCUT2D eigenvalue weighted by atomic mass is 19.1. The molecule has 0 bridgehead atoms. The molecule has 1 heterocycles. The van der Waals surface area contributed by atoms with Crippen LogP contribution in [0, 0.1) is 12.7 Å². The van der Waals surface area contributed by atoms with Crippen molar-refractivity contribution in [2.45, 2.75) is 26.4 Å². The summed E-state index contributed by atoms with van der Waals surface area (Å²) in [7, 11) is 0. The fraction of sp³-hybridized carbons (Fsp3) is 0.174. The Kier molecular flexibility index (Phi) is 4.73. The Balaban J connectivity index is 1.61. The molecule has 0 aliphatic heterocycles. The van der Waals surface area contributed by atoms with Crippen LogP contribution in [0.25, 0.3) is 16.5 Å². The summed E-state index contributed by atoms with van der Waals surface area (Å²) in [5.74, 6) is -0.180. The minimum Gasteiger partial charge on any atom is -0.306 e. The molecule has 0 fully saturated rings. The number of benzene rings is 3. The van der Waals surface area contributed by atoms with E-state index < -0.39 is 0 Å². The van der Waals surface area contributed by atoms with Gasteiger partial charge in [-0.1, -0.05) is 54.6 Å². The third-order valence-electron chi connectivity index (χ3n) is 5.07. The van der Waals surface area contributed by atoms with E-state index in [-0.39, 0.29) is 11.9 Å². The maximum Gasteiger partial charge on any atom is 0.127 e. The van der Waals surface area contributed by atoms with Gasteiger partial charge in [0.25, 0.3) is 0 Å². The van der Waals surface area contributed by atoms with Gasteiger partial charge < -0.3 is 5.32 Å². The highest BCUT2D eigenvalue weighted by Gasteiger charge is 2.15. The first-order valence-corrected chi connectivity index (χ1v) is 9.14. The molecule has 0 aliphatic carbocycles. The lowest BCUT2D eigenvalue weighted by atomic mass is 10.1. The van der Waals surface area contributed by atoms with E-state index in [1.807, 2.05) is 29.1 Å². The maximum absolute atomic E-state index is 13.8. The molecule has 0 radical (unpaired) electrons. The second-order valence-corrected chi connectivity index (χ2v) is 6.79. The zero-order chi connectivity index (χ0) is 18.8. The summed E-state index contributed by atoms with van der Waals surface area (Å²) in [5.41, 5.74) is 3.93. The molecular formula is C23H22FN3. The van der Waals surface area contributed by atoms with Crippen LogP contribution in [-0.4, -0.2) is 9.78 Å². The zero-order valence-electron chi connectivity index (χ0n) is 15.5. The van der Waals surface area contributed by atoms with Crippen LogP contribution in [0.1, 0.15) is 29.8 Å². The van der Waals surface area contributed by atoms with Crippen molar-refractivity contribution in [2.24, 2.45) is 0 Å². The summed E-state index contributed by atoms with van der Waals surface area (Å²) in [4.78, 5) is 0. The monoisotopic (exact) mass is 359 g/mol. The van der Waals surface area contributed by atoms with Gasteiger partial charge >= 0.3 is 0 Å². The molecule has 4 rings (SSSR count). The summed E-state index contributed by atoms with van der Waals surface area (Å²) in [6, 6.07) is 21.5. The average Bonchev–Trinajstić information content (AvgIpc) is 3.08. The van der Waals surface area contributed by atoms with Crippen LogP contribution in [0.4, 0.5) is 4.39 Å². The van der Waals surface area contributed by atoms with Crippen molar-refractivity contribution in [3.8, 4) is 5.69 Å². The minimum atomic E-state index is -0.180. The van der Waals surface area contributed by atoms with Gasteiger partial charge in [-0.15, -0.1) is 0 Å². The van der Waals surface area contributed by atoms with E-state index >= 15 is 0 Å². The van der Waals surface area contributed by atoms with E-state index in [1.165, 1.54) is 16.8 Å². The Labute approximate surface area is 158 Å². The van der Waals surface area contributed by atoms with Gasteiger partial charge in [-0.2, -0.15) is 5.10 Å². The minimum absolute atomic E-state index is 0.0633. The second-order valence-electron chi connectivity index (χ2n) is 6.79. The van der Waals surface area contributed by atoms with Crippen molar-refractivity contribution in [2.75, 3.05) is 0 Å². The predicted molar refractivity (Wildman–Crippen MR) is 107 cm³/mol. The van der Waals surface area contributed by atoms with Gasteiger partial charge in [0, 0.05) is 34.8 Å². The van der Waals surface area contributed by atoms with E-state index in [0.29, 0.717) is 12.1 Å². The van der Waals surface area contributed by atoms with Gasteiger partial charge in [0.15, 0.2) is 0 Å². The molecular weight excluding hydrogens is 337 g/mol. The molecule has 1 N–H and O–H groups in total. The molecule has 4 aromatic rings. The molecule has 4 heteroatoms. The van der Waals surface area contributed by atoms with Crippen LogP contribution in [0.5, 0.6) is 0 Å². The molecule has 27 heavy (non-hydrogen) atoms. The van der Waals surface area contributed by atoms with E-state index in [1.54, 1.807) is 12.1 Å². The van der Waals surface area contributed by atoms with Crippen LogP contribution in [0.3, 0.4) is 0 Å². The molecule has 0 saturated heterocycles. The Hall–Kier alpha value is -2.98. The molecule has 1 atom stereocenters. The van der Waals surface area contributed by atoms with Gasteiger partial charge in [-0.3, -0.25) is 0 Å². The largest absolute Gasteiger partial charge is 0.306 e.